The van der Waals surface area contributed by atoms with E-state index in [9.17, 15) is 9.59 Å². The molecule has 6 nitrogen and oxygen atoms in total. The number of benzene rings is 2. The second-order valence-corrected chi connectivity index (χ2v) is 7.06. The van der Waals surface area contributed by atoms with Gasteiger partial charge in [-0.15, -0.1) is 0 Å². The summed E-state index contributed by atoms with van der Waals surface area (Å²) in [6.45, 7) is 5.90. The molecule has 2 aromatic carbocycles. The van der Waals surface area contributed by atoms with E-state index >= 15 is 0 Å². The van der Waals surface area contributed by atoms with E-state index in [4.69, 9.17) is 9.47 Å². The van der Waals surface area contributed by atoms with Crippen LogP contribution in [0.25, 0.3) is 0 Å². The summed E-state index contributed by atoms with van der Waals surface area (Å²) < 4.78 is 10.8. The first-order valence-electron chi connectivity index (χ1n) is 9.85. The molecule has 0 unspecified atom stereocenters. The van der Waals surface area contributed by atoms with E-state index in [1.807, 2.05) is 51.1 Å². The van der Waals surface area contributed by atoms with Crippen molar-refractivity contribution in [2.24, 2.45) is 0 Å². The highest BCUT2D eigenvalue weighted by atomic mass is 16.5. The average molecular weight is 399 g/mol. The maximum atomic E-state index is 13.0. The van der Waals surface area contributed by atoms with E-state index in [2.05, 4.69) is 5.32 Å². The normalized spacial score (nSPS) is 11.6. The lowest BCUT2D eigenvalue weighted by molar-refractivity contribution is -0.143. The standard InChI is InChI=1S/C23H30N2O4/c1-5-21(23(27)24-17(2)3)25(15-18-9-7-6-8-10-18)22(26)16-29-20-13-11-19(28-4)12-14-20/h6-14,17,21H,5,15-16H2,1-4H3,(H,24,27)/t21-/m1/s1. The molecule has 0 aliphatic rings. The summed E-state index contributed by atoms with van der Waals surface area (Å²) in [7, 11) is 1.59. The Hall–Kier alpha value is -3.02. The van der Waals surface area contributed by atoms with E-state index < -0.39 is 6.04 Å². The van der Waals surface area contributed by atoms with Crippen LogP contribution in [0.3, 0.4) is 0 Å². The quantitative estimate of drug-likeness (QED) is 0.666. The molecule has 2 aromatic rings. The minimum Gasteiger partial charge on any atom is -0.497 e. The zero-order chi connectivity index (χ0) is 21.2. The van der Waals surface area contributed by atoms with Crippen molar-refractivity contribution >= 4 is 11.8 Å². The SMILES string of the molecule is CC[C@H](C(=O)NC(C)C)N(Cc1ccccc1)C(=O)COc1ccc(OC)cc1. The van der Waals surface area contributed by atoms with Gasteiger partial charge in [0.15, 0.2) is 6.61 Å². The third-order valence-electron chi connectivity index (χ3n) is 4.43. The molecule has 0 spiro atoms. The van der Waals surface area contributed by atoms with Gasteiger partial charge in [0, 0.05) is 12.6 Å². The Morgan fingerprint density at radius 2 is 1.62 bits per heavy atom. The zero-order valence-corrected chi connectivity index (χ0v) is 17.6. The molecule has 156 valence electrons. The highest BCUT2D eigenvalue weighted by Gasteiger charge is 2.29. The number of carbonyl (C=O) groups is 2. The van der Waals surface area contributed by atoms with Crippen LogP contribution >= 0.6 is 0 Å². The summed E-state index contributed by atoms with van der Waals surface area (Å²) in [5, 5.41) is 2.91. The first-order chi connectivity index (χ1) is 13.9. The van der Waals surface area contributed by atoms with Crippen LogP contribution in [0.2, 0.25) is 0 Å². The number of ether oxygens (including phenoxy) is 2. The largest absolute Gasteiger partial charge is 0.497 e. The Labute approximate surface area is 172 Å². The topological polar surface area (TPSA) is 67.9 Å². The summed E-state index contributed by atoms with van der Waals surface area (Å²) in [6, 6.07) is 16.1. The predicted molar refractivity (Wildman–Crippen MR) is 113 cm³/mol. The van der Waals surface area contributed by atoms with E-state index in [1.165, 1.54) is 0 Å². The van der Waals surface area contributed by atoms with Crippen LogP contribution in [0.4, 0.5) is 0 Å². The average Bonchev–Trinajstić information content (AvgIpc) is 2.72. The maximum absolute atomic E-state index is 13.0. The van der Waals surface area contributed by atoms with Crippen molar-refractivity contribution in [3.63, 3.8) is 0 Å². The fourth-order valence-electron chi connectivity index (χ4n) is 2.98. The van der Waals surface area contributed by atoms with Gasteiger partial charge < -0.3 is 19.7 Å². The Kier molecular flexibility index (Phi) is 8.52. The van der Waals surface area contributed by atoms with Crippen molar-refractivity contribution in [1.29, 1.82) is 0 Å². The van der Waals surface area contributed by atoms with Gasteiger partial charge in [0.2, 0.25) is 5.91 Å². The molecular formula is C23H30N2O4. The van der Waals surface area contributed by atoms with Gasteiger partial charge in [-0.25, -0.2) is 0 Å². The van der Waals surface area contributed by atoms with Crippen LogP contribution < -0.4 is 14.8 Å². The summed E-state index contributed by atoms with van der Waals surface area (Å²) >= 11 is 0. The molecule has 0 radical (unpaired) electrons. The molecule has 0 aliphatic heterocycles. The molecule has 1 N–H and O–H groups in total. The van der Waals surface area contributed by atoms with Gasteiger partial charge in [0.1, 0.15) is 17.5 Å². The van der Waals surface area contributed by atoms with Gasteiger partial charge in [-0.1, -0.05) is 37.3 Å². The number of nitrogens with zero attached hydrogens (tertiary/aromatic N) is 1. The van der Waals surface area contributed by atoms with Crippen molar-refractivity contribution in [3.8, 4) is 11.5 Å². The lowest BCUT2D eigenvalue weighted by Crippen LogP contribution is -2.51. The minimum absolute atomic E-state index is 0.000719. The summed E-state index contributed by atoms with van der Waals surface area (Å²) in [5.74, 6) is 0.885. The number of carbonyl (C=O) groups excluding carboxylic acids is 2. The van der Waals surface area contributed by atoms with E-state index in [0.29, 0.717) is 24.5 Å². The van der Waals surface area contributed by atoms with Crippen LogP contribution in [0.5, 0.6) is 11.5 Å². The molecule has 29 heavy (non-hydrogen) atoms. The number of nitrogens with one attached hydrogen (secondary N) is 1. The molecule has 2 amide bonds. The second kappa shape index (κ2) is 11.1. The van der Waals surface area contributed by atoms with Crippen molar-refractivity contribution in [1.82, 2.24) is 10.2 Å². The first kappa shape index (κ1) is 22.3. The number of rotatable bonds is 10. The molecule has 6 heteroatoms. The molecule has 0 fully saturated rings. The molecule has 0 saturated carbocycles. The molecule has 0 bridgehead atoms. The molecule has 2 rings (SSSR count). The number of amides is 2. The van der Waals surface area contributed by atoms with E-state index in [-0.39, 0.29) is 24.5 Å². The lowest BCUT2D eigenvalue weighted by Gasteiger charge is -2.31. The van der Waals surface area contributed by atoms with Crippen LogP contribution in [0.1, 0.15) is 32.8 Å². The molecule has 0 aliphatic carbocycles. The molecule has 1 atom stereocenters. The monoisotopic (exact) mass is 398 g/mol. The van der Waals surface area contributed by atoms with Crippen LogP contribution in [0, 0.1) is 0 Å². The number of methoxy groups -OCH3 is 1. The molecule has 0 aromatic heterocycles. The highest BCUT2D eigenvalue weighted by Crippen LogP contribution is 2.18. The van der Waals surface area contributed by atoms with Crippen LogP contribution in [0.15, 0.2) is 54.6 Å². The Bertz CT molecular complexity index is 775. The Morgan fingerprint density at radius 3 is 2.17 bits per heavy atom. The minimum atomic E-state index is -0.565. The third kappa shape index (κ3) is 6.82. The number of hydrogen-bond donors (Lipinski definition) is 1. The highest BCUT2D eigenvalue weighted by molar-refractivity contribution is 5.88. The third-order valence-corrected chi connectivity index (χ3v) is 4.43. The Balaban J connectivity index is 2.15. The fraction of sp³-hybridized carbons (Fsp3) is 0.391. The van der Waals surface area contributed by atoms with Crippen molar-refractivity contribution in [2.45, 2.75) is 45.8 Å². The summed E-state index contributed by atoms with van der Waals surface area (Å²) in [6.07, 6.45) is 0.514. The van der Waals surface area contributed by atoms with E-state index in [0.717, 1.165) is 5.56 Å². The van der Waals surface area contributed by atoms with Crippen LogP contribution in [-0.4, -0.2) is 42.5 Å². The smallest absolute Gasteiger partial charge is 0.261 e. The van der Waals surface area contributed by atoms with Gasteiger partial charge in [-0.05, 0) is 50.1 Å². The molecular weight excluding hydrogens is 368 g/mol. The van der Waals surface area contributed by atoms with Gasteiger partial charge >= 0.3 is 0 Å². The second-order valence-electron chi connectivity index (χ2n) is 7.06. The summed E-state index contributed by atoms with van der Waals surface area (Å²) in [4.78, 5) is 27.3. The molecule has 0 saturated heterocycles. The van der Waals surface area contributed by atoms with Crippen molar-refractivity contribution in [2.75, 3.05) is 13.7 Å². The number of hydrogen-bond acceptors (Lipinski definition) is 4. The van der Waals surface area contributed by atoms with Crippen molar-refractivity contribution in [3.05, 3.63) is 60.2 Å². The fourth-order valence-corrected chi connectivity index (χ4v) is 2.98. The lowest BCUT2D eigenvalue weighted by atomic mass is 10.1. The Morgan fingerprint density at radius 1 is 1.00 bits per heavy atom. The van der Waals surface area contributed by atoms with Crippen molar-refractivity contribution < 1.29 is 19.1 Å². The summed E-state index contributed by atoms with van der Waals surface area (Å²) in [5.41, 5.74) is 0.959. The van der Waals surface area contributed by atoms with Gasteiger partial charge in [-0.2, -0.15) is 0 Å². The van der Waals surface area contributed by atoms with Crippen LogP contribution in [-0.2, 0) is 16.1 Å². The maximum Gasteiger partial charge on any atom is 0.261 e. The van der Waals surface area contributed by atoms with Gasteiger partial charge in [-0.3, -0.25) is 9.59 Å². The van der Waals surface area contributed by atoms with Gasteiger partial charge in [0.25, 0.3) is 5.91 Å². The first-order valence-corrected chi connectivity index (χ1v) is 9.85. The molecule has 0 heterocycles. The van der Waals surface area contributed by atoms with Gasteiger partial charge in [0.05, 0.1) is 7.11 Å². The zero-order valence-electron chi connectivity index (χ0n) is 17.6. The predicted octanol–water partition coefficient (Wildman–Crippen LogP) is 3.41. The van der Waals surface area contributed by atoms with E-state index in [1.54, 1.807) is 36.3 Å².